The van der Waals surface area contributed by atoms with Crippen molar-refractivity contribution in [1.82, 2.24) is 9.55 Å². The Labute approximate surface area is 122 Å². The predicted octanol–water partition coefficient (Wildman–Crippen LogP) is 3.37. The number of aromatic hydroxyl groups is 1. The quantitative estimate of drug-likeness (QED) is 0.796. The van der Waals surface area contributed by atoms with Crippen LogP contribution in [0.5, 0.6) is 5.75 Å². The summed E-state index contributed by atoms with van der Waals surface area (Å²) in [4.78, 5) is 4.36. The summed E-state index contributed by atoms with van der Waals surface area (Å²) in [5, 5.41) is 9.51. The second kappa shape index (κ2) is 5.79. The number of phenolic OH excluding ortho intramolecular Hbond substituents is 1. The highest BCUT2D eigenvalue weighted by Crippen LogP contribution is 2.14. The molecule has 0 atom stereocenters. The van der Waals surface area contributed by atoms with E-state index in [9.17, 15) is 9.50 Å². The molecule has 3 rings (SSSR count). The fourth-order valence-electron chi connectivity index (χ4n) is 2.29. The zero-order valence-corrected chi connectivity index (χ0v) is 11.4. The topological polar surface area (TPSA) is 38.0 Å². The Morgan fingerprint density at radius 1 is 1.05 bits per heavy atom. The van der Waals surface area contributed by atoms with E-state index in [0.717, 1.165) is 17.0 Å². The highest BCUT2D eigenvalue weighted by Gasteiger charge is 2.05. The van der Waals surface area contributed by atoms with Gasteiger partial charge < -0.3 is 9.67 Å². The largest absolute Gasteiger partial charge is 0.508 e. The summed E-state index contributed by atoms with van der Waals surface area (Å²) < 4.78 is 15.0. The number of benzene rings is 2. The van der Waals surface area contributed by atoms with Gasteiger partial charge in [0.05, 0.1) is 0 Å². The minimum Gasteiger partial charge on any atom is -0.508 e. The molecule has 0 fully saturated rings. The number of phenols is 1. The molecule has 0 unspecified atom stereocenters. The van der Waals surface area contributed by atoms with Crippen LogP contribution in [0, 0.1) is 5.82 Å². The maximum absolute atomic E-state index is 12.9. The van der Waals surface area contributed by atoms with Crippen LogP contribution in [0.4, 0.5) is 4.39 Å². The van der Waals surface area contributed by atoms with Gasteiger partial charge in [-0.05, 0) is 35.4 Å². The van der Waals surface area contributed by atoms with Crippen molar-refractivity contribution < 1.29 is 9.50 Å². The van der Waals surface area contributed by atoms with E-state index in [1.165, 1.54) is 12.1 Å². The van der Waals surface area contributed by atoms with Crippen LogP contribution in [0.3, 0.4) is 0 Å². The van der Waals surface area contributed by atoms with Crippen LogP contribution in [0.1, 0.15) is 17.0 Å². The van der Waals surface area contributed by atoms with Crippen LogP contribution in [0.2, 0.25) is 0 Å². The van der Waals surface area contributed by atoms with E-state index < -0.39 is 0 Å². The molecule has 1 N–H and O–H groups in total. The summed E-state index contributed by atoms with van der Waals surface area (Å²) in [5.41, 5.74) is 2.02. The molecule has 3 nitrogen and oxygen atoms in total. The van der Waals surface area contributed by atoms with Gasteiger partial charge in [-0.2, -0.15) is 0 Å². The number of imidazole rings is 1. The highest BCUT2D eigenvalue weighted by molar-refractivity contribution is 5.28. The first kappa shape index (κ1) is 13.4. The summed E-state index contributed by atoms with van der Waals surface area (Å²) >= 11 is 0. The Kier molecular flexibility index (Phi) is 3.69. The third kappa shape index (κ3) is 3.28. The van der Waals surface area contributed by atoms with Gasteiger partial charge in [-0.25, -0.2) is 9.37 Å². The molecule has 0 bridgehead atoms. The summed E-state index contributed by atoms with van der Waals surface area (Å²) in [5.74, 6) is 0.930. The Balaban J connectivity index is 1.79. The normalized spacial score (nSPS) is 10.7. The summed E-state index contributed by atoms with van der Waals surface area (Å²) in [6.45, 7) is 0.644. The molecule has 0 aliphatic carbocycles. The molecule has 0 spiro atoms. The molecule has 4 heteroatoms. The summed E-state index contributed by atoms with van der Waals surface area (Å²) in [6, 6.07) is 13.6. The molecule has 0 aliphatic rings. The molecular weight excluding hydrogens is 267 g/mol. The smallest absolute Gasteiger partial charge is 0.123 e. The molecule has 0 saturated carbocycles. The number of hydrogen-bond donors (Lipinski definition) is 1. The molecule has 0 amide bonds. The molecule has 0 aliphatic heterocycles. The lowest BCUT2D eigenvalue weighted by molar-refractivity contribution is 0.474. The zero-order valence-electron chi connectivity index (χ0n) is 11.4. The van der Waals surface area contributed by atoms with Gasteiger partial charge in [0.15, 0.2) is 0 Å². The maximum atomic E-state index is 12.9. The Bertz CT molecular complexity index is 735. The molecule has 2 aromatic carbocycles. The van der Waals surface area contributed by atoms with E-state index in [4.69, 9.17) is 0 Å². The minimum atomic E-state index is -0.234. The van der Waals surface area contributed by atoms with Crippen LogP contribution in [0.15, 0.2) is 60.9 Å². The van der Waals surface area contributed by atoms with Gasteiger partial charge in [0.1, 0.15) is 17.4 Å². The van der Waals surface area contributed by atoms with Crippen molar-refractivity contribution in [3.05, 3.63) is 83.7 Å². The molecule has 21 heavy (non-hydrogen) atoms. The fraction of sp³-hybridized carbons (Fsp3) is 0.118. The van der Waals surface area contributed by atoms with Crippen LogP contribution >= 0.6 is 0 Å². The van der Waals surface area contributed by atoms with E-state index in [0.29, 0.717) is 13.0 Å². The molecular formula is C17H15FN2O. The Hall–Kier alpha value is -2.62. The lowest BCUT2D eigenvalue weighted by atomic mass is 10.1. The molecule has 0 saturated heterocycles. The van der Waals surface area contributed by atoms with Crippen LogP contribution in [-0.2, 0) is 13.0 Å². The van der Waals surface area contributed by atoms with Crippen LogP contribution in [-0.4, -0.2) is 14.7 Å². The second-order valence-electron chi connectivity index (χ2n) is 4.94. The van der Waals surface area contributed by atoms with Gasteiger partial charge in [-0.15, -0.1) is 0 Å². The number of hydrogen-bond acceptors (Lipinski definition) is 2. The van der Waals surface area contributed by atoms with Crippen molar-refractivity contribution in [3.8, 4) is 5.75 Å². The molecule has 1 heterocycles. The average molecular weight is 282 g/mol. The minimum absolute atomic E-state index is 0.234. The third-order valence-electron chi connectivity index (χ3n) is 3.34. The summed E-state index contributed by atoms with van der Waals surface area (Å²) in [6.07, 6.45) is 4.30. The van der Waals surface area contributed by atoms with E-state index in [-0.39, 0.29) is 11.6 Å². The number of rotatable bonds is 4. The monoisotopic (exact) mass is 282 g/mol. The maximum Gasteiger partial charge on any atom is 0.123 e. The van der Waals surface area contributed by atoms with Crippen LogP contribution < -0.4 is 0 Å². The standard InChI is InChI=1S/C17H15FN2O/c18-15-6-4-13(5-7-15)11-17-19-8-9-20(17)12-14-2-1-3-16(21)10-14/h1-10,21H,11-12H2. The third-order valence-corrected chi connectivity index (χ3v) is 3.34. The Morgan fingerprint density at radius 2 is 1.86 bits per heavy atom. The SMILES string of the molecule is Oc1cccc(Cn2ccnc2Cc2ccc(F)cc2)c1. The average Bonchev–Trinajstić information content (AvgIpc) is 2.89. The summed E-state index contributed by atoms with van der Waals surface area (Å²) in [7, 11) is 0. The predicted molar refractivity (Wildman–Crippen MR) is 78.6 cm³/mol. The lowest BCUT2D eigenvalue weighted by Gasteiger charge is -2.08. The fourth-order valence-corrected chi connectivity index (χ4v) is 2.29. The molecule has 0 radical (unpaired) electrons. The number of aromatic nitrogens is 2. The van der Waals surface area contributed by atoms with E-state index in [2.05, 4.69) is 4.98 Å². The second-order valence-corrected chi connectivity index (χ2v) is 4.94. The van der Waals surface area contributed by atoms with Crippen molar-refractivity contribution in [2.75, 3.05) is 0 Å². The van der Waals surface area contributed by atoms with Crippen molar-refractivity contribution in [3.63, 3.8) is 0 Å². The van der Waals surface area contributed by atoms with Crippen molar-refractivity contribution in [2.45, 2.75) is 13.0 Å². The number of nitrogens with zero attached hydrogens (tertiary/aromatic N) is 2. The van der Waals surface area contributed by atoms with Gasteiger partial charge in [0, 0.05) is 25.4 Å². The van der Waals surface area contributed by atoms with Gasteiger partial charge in [0.25, 0.3) is 0 Å². The van der Waals surface area contributed by atoms with E-state index in [1.54, 1.807) is 30.5 Å². The first-order valence-corrected chi connectivity index (χ1v) is 6.73. The van der Waals surface area contributed by atoms with Crippen molar-refractivity contribution in [2.24, 2.45) is 0 Å². The molecule has 1 aromatic heterocycles. The van der Waals surface area contributed by atoms with Gasteiger partial charge in [0.2, 0.25) is 0 Å². The number of halogens is 1. The van der Waals surface area contributed by atoms with E-state index in [1.807, 2.05) is 22.9 Å². The molecule has 3 aromatic rings. The highest BCUT2D eigenvalue weighted by atomic mass is 19.1. The lowest BCUT2D eigenvalue weighted by Crippen LogP contribution is -2.05. The van der Waals surface area contributed by atoms with E-state index >= 15 is 0 Å². The van der Waals surface area contributed by atoms with Crippen LogP contribution in [0.25, 0.3) is 0 Å². The first-order chi connectivity index (χ1) is 10.2. The zero-order chi connectivity index (χ0) is 14.7. The van der Waals surface area contributed by atoms with Gasteiger partial charge in [-0.1, -0.05) is 24.3 Å². The molecule has 106 valence electrons. The first-order valence-electron chi connectivity index (χ1n) is 6.73. The Morgan fingerprint density at radius 3 is 2.62 bits per heavy atom. The van der Waals surface area contributed by atoms with Crippen molar-refractivity contribution in [1.29, 1.82) is 0 Å². The van der Waals surface area contributed by atoms with Gasteiger partial charge in [-0.3, -0.25) is 0 Å². The van der Waals surface area contributed by atoms with Gasteiger partial charge >= 0.3 is 0 Å². The van der Waals surface area contributed by atoms with Crippen molar-refractivity contribution >= 4 is 0 Å².